The van der Waals surface area contributed by atoms with Crippen LogP contribution in [0.25, 0.3) is 6.08 Å². The van der Waals surface area contributed by atoms with Crippen LogP contribution in [-0.2, 0) is 27.8 Å². The van der Waals surface area contributed by atoms with Gasteiger partial charge < -0.3 is 9.84 Å². The Hall–Kier alpha value is -2.64. The second-order valence-electron chi connectivity index (χ2n) is 5.94. The number of carboxylic acid groups (broad SMARTS) is 1. The molecule has 0 unspecified atom stereocenters. The number of rotatable bonds is 5. The lowest BCUT2D eigenvalue weighted by molar-refractivity contribution is -0.131. The summed E-state index contributed by atoms with van der Waals surface area (Å²) in [7, 11) is -2.37. The molecule has 1 N–H and O–H groups in total. The highest BCUT2D eigenvalue weighted by molar-refractivity contribution is 7.89. The minimum absolute atomic E-state index is 0.0342. The largest absolute Gasteiger partial charge is 0.495 e. The summed E-state index contributed by atoms with van der Waals surface area (Å²) in [5, 5.41) is 8.76. The maximum atomic E-state index is 13.2. The SMILES string of the molecule is COc1ccc(/C=C/C(=O)O)cc1S(=O)(=O)N1CCc2ccccc2C1. The molecule has 26 heavy (non-hydrogen) atoms. The minimum atomic E-state index is -3.78. The first-order valence-corrected chi connectivity index (χ1v) is 9.52. The van der Waals surface area contributed by atoms with E-state index >= 15 is 0 Å². The van der Waals surface area contributed by atoms with Crippen LogP contribution in [-0.4, -0.2) is 37.5 Å². The molecule has 6 nitrogen and oxygen atoms in total. The Morgan fingerprint density at radius 1 is 1.19 bits per heavy atom. The van der Waals surface area contributed by atoms with Gasteiger partial charge in [-0.1, -0.05) is 30.3 Å². The molecule has 0 fully saturated rings. The molecule has 0 spiro atoms. The van der Waals surface area contributed by atoms with E-state index in [0.717, 1.165) is 17.2 Å². The highest BCUT2D eigenvalue weighted by Crippen LogP contribution is 2.31. The third-order valence-corrected chi connectivity index (χ3v) is 6.19. The van der Waals surface area contributed by atoms with E-state index in [9.17, 15) is 13.2 Å². The van der Waals surface area contributed by atoms with E-state index in [0.29, 0.717) is 25.1 Å². The fourth-order valence-electron chi connectivity index (χ4n) is 2.98. The monoisotopic (exact) mass is 373 g/mol. The number of hydrogen-bond donors (Lipinski definition) is 1. The maximum absolute atomic E-state index is 13.2. The lowest BCUT2D eigenvalue weighted by atomic mass is 10.0. The number of nitrogens with zero attached hydrogens (tertiary/aromatic N) is 1. The molecule has 3 rings (SSSR count). The summed E-state index contributed by atoms with van der Waals surface area (Å²) in [6, 6.07) is 12.4. The lowest BCUT2D eigenvalue weighted by Crippen LogP contribution is -2.36. The van der Waals surface area contributed by atoms with Crippen molar-refractivity contribution in [1.82, 2.24) is 4.31 Å². The number of carbonyl (C=O) groups is 1. The van der Waals surface area contributed by atoms with E-state index in [4.69, 9.17) is 9.84 Å². The molecule has 7 heteroatoms. The number of carboxylic acids is 1. The number of methoxy groups -OCH3 is 1. The first-order valence-electron chi connectivity index (χ1n) is 8.08. The first kappa shape index (κ1) is 18.2. The average molecular weight is 373 g/mol. The van der Waals surface area contributed by atoms with E-state index in [2.05, 4.69) is 0 Å². The smallest absolute Gasteiger partial charge is 0.328 e. The molecular weight excluding hydrogens is 354 g/mol. The zero-order valence-electron chi connectivity index (χ0n) is 14.3. The Morgan fingerprint density at radius 3 is 2.62 bits per heavy atom. The second-order valence-corrected chi connectivity index (χ2v) is 7.85. The Kier molecular flexibility index (Phi) is 5.11. The van der Waals surface area contributed by atoms with Crippen molar-refractivity contribution in [2.45, 2.75) is 17.9 Å². The van der Waals surface area contributed by atoms with Crippen LogP contribution in [0.5, 0.6) is 5.75 Å². The molecule has 0 amide bonds. The van der Waals surface area contributed by atoms with Crippen LogP contribution in [0.3, 0.4) is 0 Å². The summed E-state index contributed by atoms with van der Waals surface area (Å²) < 4.78 is 33.0. The van der Waals surface area contributed by atoms with Gasteiger partial charge in [0.05, 0.1) is 7.11 Å². The summed E-state index contributed by atoms with van der Waals surface area (Å²) in [5.74, 6) is -0.866. The van der Waals surface area contributed by atoms with Gasteiger partial charge in [-0.25, -0.2) is 13.2 Å². The van der Waals surface area contributed by atoms with Gasteiger partial charge >= 0.3 is 5.97 Å². The molecule has 0 aliphatic carbocycles. The van der Waals surface area contributed by atoms with Crippen molar-refractivity contribution >= 4 is 22.1 Å². The van der Waals surface area contributed by atoms with Gasteiger partial charge in [0.2, 0.25) is 10.0 Å². The van der Waals surface area contributed by atoms with Crippen LogP contribution in [0.15, 0.2) is 53.4 Å². The maximum Gasteiger partial charge on any atom is 0.328 e. The quantitative estimate of drug-likeness (QED) is 0.815. The van der Waals surface area contributed by atoms with E-state index < -0.39 is 16.0 Å². The van der Waals surface area contributed by atoms with Crippen molar-refractivity contribution in [1.29, 1.82) is 0 Å². The number of sulfonamides is 1. The topological polar surface area (TPSA) is 83.9 Å². The first-order chi connectivity index (χ1) is 12.4. The summed E-state index contributed by atoms with van der Waals surface area (Å²) in [4.78, 5) is 10.7. The molecule has 2 aromatic rings. The van der Waals surface area contributed by atoms with Crippen LogP contribution in [0.1, 0.15) is 16.7 Å². The van der Waals surface area contributed by atoms with Gasteiger partial charge in [-0.15, -0.1) is 0 Å². The Labute approximate surface area is 152 Å². The van der Waals surface area contributed by atoms with Crippen LogP contribution in [0, 0.1) is 0 Å². The van der Waals surface area contributed by atoms with Gasteiger partial charge in [0.1, 0.15) is 10.6 Å². The minimum Gasteiger partial charge on any atom is -0.495 e. The standard InChI is InChI=1S/C19H19NO5S/c1-25-17-8-6-14(7-9-19(21)22)12-18(17)26(23,24)20-11-10-15-4-2-3-5-16(15)13-20/h2-9,12H,10-11,13H2,1H3,(H,21,22)/b9-7+. The predicted molar refractivity (Wildman–Crippen MR) is 97.4 cm³/mol. The molecule has 0 bridgehead atoms. The van der Waals surface area contributed by atoms with Crippen molar-refractivity contribution in [3.05, 3.63) is 65.2 Å². The highest BCUT2D eigenvalue weighted by Gasteiger charge is 2.30. The number of benzene rings is 2. The number of ether oxygens (including phenoxy) is 1. The van der Waals surface area contributed by atoms with Crippen molar-refractivity contribution in [3.63, 3.8) is 0 Å². The average Bonchev–Trinajstić information content (AvgIpc) is 2.65. The molecule has 1 aliphatic heterocycles. The molecule has 0 atom stereocenters. The van der Waals surface area contributed by atoms with Gasteiger partial charge in [0.25, 0.3) is 0 Å². The third kappa shape index (κ3) is 3.63. The van der Waals surface area contributed by atoms with Crippen molar-refractivity contribution < 1.29 is 23.1 Å². The Bertz CT molecular complexity index is 966. The van der Waals surface area contributed by atoms with Gasteiger partial charge in [0, 0.05) is 19.2 Å². The van der Waals surface area contributed by atoms with Gasteiger partial charge in [-0.2, -0.15) is 4.31 Å². The molecule has 0 saturated carbocycles. The third-order valence-electron chi connectivity index (χ3n) is 4.32. The number of aliphatic carboxylic acids is 1. The molecule has 0 aromatic heterocycles. The van der Waals surface area contributed by atoms with Crippen LogP contribution in [0.2, 0.25) is 0 Å². The fourth-order valence-corrected chi connectivity index (χ4v) is 4.59. The summed E-state index contributed by atoms with van der Waals surface area (Å²) in [5.41, 5.74) is 2.62. The lowest BCUT2D eigenvalue weighted by Gasteiger charge is -2.28. The molecular formula is C19H19NO5S. The summed E-state index contributed by atoms with van der Waals surface area (Å²) in [6.45, 7) is 0.689. The van der Waals surface area contributed by atoms with E-state index in [1.54, 1.807) is 6.07 Å². The molecule has 1 heterocycles. The van der Waals surface area contributed by atoms with E-state index in [1.165, 1.54) is 29.6 Å². The van der Waals surface area contributed by atoms with E-state index in [1.807, 2.05) is 24.3 Å². The van der Waals surface area contributed by atoms with Crippen molar-refractivity contribution in [2.75, 3.05) is 13.7 Å². The summed E-state index contributed by atoms with van der Waals surface area (Å²) >= 11 is 0. The zero-order chi connectivity index (χ0) is 18.7. The highest BCUT2D eigenvalue weighted by atomic mass is 32.2. The number of fused-ring (bicyclic) bond motifs is 1. The number of hydrogen-bond acceptors (Lipinski definition) is 4. The van der Waals surface area contributed by atoms with Gasteiger partial charge in [-0.3, -0.25) is 0 Å². The van der Waals surface area contributed by atoms with Gasteiger partial charge in [0.15, 0.2) is 0 Å². The Balaban J connectivity index is 1.98. The normalized spacial score (nSPS) is 15.0. The molecule has 1 aliphatic rings. The molecule has 2 aromatic carbocycles. The Morgan fingerprint density at radius 2 is 1.92 bits per heavy atom. The van der Waals surface area contributed by atoms with Crippen molar-refractivity contribution in [2.24, 2.45) is 0 Å². The van der Waals surface area contributed by atoms with E-state index in [-0.39, 0.29) is 10.6 Å². The van der Waals surface area contributed by atoms with Crippen LogP contribution >= 0.6 is 0 Å². The molecule has 0 saturated heterocycles. The van der Waals surface area contributed by atoms with Crippen molar-refractivity contribution in [3.8, 4) is 5.75 Å². The zero-order valence-corrected chi connectivity index (χ0v) is 15.1. The molecule has 0 radical (unpaired) electrons. The van der Waals surface area contributed by atoms with Crippen LogP contribution in [0.4, 0.5) is 0 Å². The van der Waals surface area contributed by atoms with Crippen LogP contribution < -0.4 is 4.74 Å². The fraction of sp³-hybridized carbons (Fsp3) is 0.211. The molecule has 136 valence electrons. The second kappa shape index (κ2) is 7.31. The summed E-state index contributed by atoms with van der Waals surface area (Å²) in [6.07, 6.45) is 2.97. The predicted octanol–water partition coefficient (Wildman–Crippen LogP) is 2.54. The van der Waals surface area contributed by atoms with Gasteiger partial charge in [-0.05, 0) is 41.3 Å².